The molecule has 2 N–H and O–H groups in total. The molecule has 0 saturated heterocycles. The second-order valence-electron chi connectivity index (χ2n) is 3.62. The van der Waals surface area contributed by atoms with Gasteiger partial charge in [0.15, 0.2) is 0 Å². The van der Waals surface area contributed by atoms with E-state index in [9.17, 15) is 4.39 Å². The van der Waals surface area contributed by atoms with Gasteiger partial charge in [0, 0.05) is 23.0 Å². The summed E-state index contributed by atoms with van der Waals surface area (Å²) in [4.78, 5) is 8.07. The van der Waals surface area contributed by atoms with Gasteiger partial charge in [-0.05, 0) is 24.6 Å². The summed E-state index contributed by atoms with van der Waals surface area (Å²) in [5.41, 5.74) is 6.31. The Morgan fingerprint density at radius 1 is 1.24 bits per heavy atom. The average Bonchev–Trinajstić information content (AvgIpc) is 2.35. The molecule has 5 heteroatoms. The van der Waals surface area contributed by atoms with Crippen molar-refractivity contribution in [2.75, 3.05) is 0 Å². The minimum absolute atomic E-state index is 0.273. The summed E-state index contributed by atoms with van der Waals surface area (Å²) in [7, 11) is 0. The molecule has 1 heterocycles. The van der Waals surface area contributed by atoms with Gasteiger partial charge in [0.1, 0.15) is 11.6 Å². The van der Waals surface area contributed by atoms with Gasteiger partial charge in [-0.3, -0.25) is 0 Å². The van der Waals surface area contributed by atoms with E-state index in [1.807, 2.05) is 0 Å². The van der Waals surface area contributed by atoms with E-state index in [1.54, 1.807) is 30.6 Å². The first-order valence-electron chi connectivity index (χ1n) is 5.14. The molecule has 17 heavy (non-hydrogen) atoms. The molecule has 1 aromatic carbocycles. The molecule has 0 radical (unpaired) electrons. The lowest BCUT2D eigenvalue weighted by Gasteiger charge is -2.11. The number of nitrogens with two attached hydrogens (primary N) is 1. The maximum Gasteiger partial charge on any atom is 0.145 e. The zero-order valence-electron chi connectivity index (χ0n) is 8.98. The molecule has 1 unspecified atom stereocenters. The molecule has 0 aliphatic carbocycles. The summed E-state index contributed by atoms with van der Waals surface area (Å²) in [6.07, 6.45) is 3.48. The molecule has 1 atom stereocenters. The Kier molecular flexibility index (Phi) is 3.66. The lowest BCUT2D eigenvalue weighted by Crippen LogP contribution is -2.17. The highest BCUT2D eigenvalue weighted by Crippen LogP contribution is 2.23. The normalized spacial score (nSPS) is 12.4. The van der Waals surface area contributed by atoms with Crippen LogP contribution in [0.5, 0.6) is 0 Å². The van der Waals surface area contributed by atoms with E-state index in [0.29, 0.717) is 16.4 Å². The van der Waals surface area contributed by atoms with Gasteiger partial charge in [0.25, 0.3) is 0 Å². The maximum atomic E-state index is 13.5. The first-order valence-corrected chi connectivity index (χ1v) is 5.51. The summed E-state index contributed by atoms with van der Waals surface area (Å²) in [5, 5.41) is 0.372. The smallest absolute Gasteiger partial charge is 0.145 e. The molecular formula is C12H11ClFN3. The number of benzene rings is 1. The largest absolute Gasteiger partial charge is 0.321 e. The van der Waals surface area contributed by atoms with Crippen molar-refractivity contribution in [3.63, 3.8) is 0 Å². The van der Waals surface area contributed by atoms with Gasteiger partial charge in [-0.1, -0.05) is 17.7 Å². The molecule has 0 amide bonds. The van der Waals surface area contributed by atoms with E-state index in [1.165, 1.54) is 6.07 Å². The minimum Gasteiger partial charge on any atom is -0.321 e. The lowest BCUT2D eigenvalue weighted by molar-refractivity contribution is 0.584. The van der Waals surface area contributed by atoms with Gasteiger partial charge >= 0.3 is 0 Å². The van der Waals surface area contributed by atoms with Crippen LogP contribution in [0.3, 0.4) is 0 Å². The Balaban J connectivity index is 2.22. The van der Waals surface area contributed by atoms with E-state index < -0.39 is 6.04 Å². The maximum absolute atomic E-state index is 13.5. The molecule has 1 aromatic heterocycles. The van der Waals surface area contributed by atoms with E-state index >= 15 is 0 Å². The first kappa shape index (κ1) is 12.0. The molecule has 0 saturated carbocycles. The standard InChI is InChI=1S/C12H11ClFN3/c13-9-3-1-4-10(14)8(9)7-11(15)12-16-5-2-6-17-12/h1-6,11H,7,15H2. The van der Waals surface area contributed by atoms with Gasteiger partial charge in [0.2, 0.25) is 0 Å². The second-order valence-corrected chi connectivity index (χ2v) is 4.03. The van der Waals surface area contributed by atoms with E-state index in [4.69, 9.17) is 17.3 Å². The van der Waals surface area contributed by atoms with Crippen LogP contribution in [0.2, 0.25) is 5.02 Å². The number of halogens is 2. The Labute approximate surface area is 103 Å². The van der Waals surface area contributed by atoms with Gasteiger partial charge in [-0.2, -0.15) is 0 Å². The number of aromatic nitrogens is 2. The molecule has 2 rings (SSSR count). The van der Waals surface area contributed by atoms with Crippen molar-refractivity contribution in [2.45, 2.75) is 12.5 Å². The molecule has 0 aliphatic heterocycles. The predicted molar refractivity (Wildman–Crippen MR) is 64.1 cm³/mol. The number of nitrogens with zero attached hydrogens (tertiary/aromatic N) is 2. The van der Waals surface area contributed by atoms with Gasteiger partial charge in [-0.25, -0.2) is 14.4 Å². The molecule has 0 bridgehead atoms. The fraction of sp³-hybridized carbons (Fsp3) is 0.167. The van der Waals surface area contributed by atoms with Gasteiger partial charge in [-0.15, -0.1) is 0 Å². The van der Waals surface area contributed by atoms with E-state index in [2.05, 4.69) is 9.97 Å². The van der Waals surface area contributed by atoms with E-state index in [0.717, 1.165) is 0 Å². The summed E-state index contributed by atoms with van der Waals surface area (Å²) in [5.74, 6) is 0.121. The highest BCUT2D eigenvalue weighted by atomic mass is 35.5. The Bertz CT molecular complexity index is 484. The van der Waals surface area contributed by atoms with Crippen molar-refractivity contribution in [1.82, 2.24) is 9.97 Å². The Morgan fingerprint density at radius 2 is 1.94 bits per heavy atom. The topological polar surface area (TPSA) is 51.8 Å². The van der Waals surface area contributed by atoms with Crippen molar-refractivity contribution in [1.29, 1.82) is 0 Å². The van der Waals surface area contributed by atoms with E-state index in [-0.39, 0.29) is 12.2 Å². The SMILES string of the molecule is NC(Cc1c(F)cccc1Cl)c1ncccn1. The quantitative estimate of drug-likeness (QED) is 0.912. The van der Waals surface area contributed by atoms with Gasteiger partial charge in [0.05, 0.1) is 6.04 Å². The average molecular weight is 252 g/mol. The lowest BCUT2D eigenvalue weighted by atomic mass is 10.1. The van der Waals surface area contributed by atoms with Crippen molar-refractivity contribution in [2.24, 2.45) is 5.73 Å². The van der Waals surface area contributed by atoms with Crippen LogP contribution in [-0.4, -0.2) is 9.97 Å². The fourth-order valence-electron chi connectivity index (χ4n) is 1.54. The predicted octanol–water partition coefficient (Wildman–Crippen LogP) is 2.51. The van der Waals surface area contributed by atoms with Crippen LogP contribution in [-0.2, 0) is 6.42 Å². The molecule has 0 fully saturated rings. The molecule has 0 aliphatic rings. The van der Waals surface area contributed by atoms with Crippen LogP contribution in [0.25, 0.3) is 0 Å². The van der Waals surface area contributed by atoms with Crippen LogP contribution in [0, 0.1) is 5.82 Å². The summed E-state index contributed by atoms with van der Waals surface area (Å²) in [6.45, 7) is 0. The number of hydrogen-bond acceptors (Lipinski definition) is 3. The van der Waals surface area contributed by atoms with Crippen molar-refractivity contribution < 1.29 is 4.39 Å². The highest BCUT2D eigenvalue weighted by molar-refractivity contribution is 6.31. The van der Waals surface area contributed by atoms with Crippen LogP contribution in [0.15, 0.2) is 36.7 Å². The number of rotatable bonds is 3. The van der Waals surface area contributed by atoms with Crippen molar-refractivity contribution >= 4 is 11.6 Å². The van der Waals surface area contributed by atoms with Gasteiger partial charge < -0.3 is 5.73 Å². The third-order valence-corrected chi connectivity index (χ3v) is 2.76. The monoisotopic (exact) mass is 251 g/mol. The second kappa shape index (κ2) is 5.21. The third kappa shape index (κ3) is 2.78. The summed E-state index contributed by atoms with van der Waals surface area (Å²) in [6, 6.07) is 5.79. The van der Waals surface area contributed by atoms with Crippen LogP contribution in [0.1, 0.15) is 17.4 Å². The summed E-state index contributed by atoms with van der Waals surface area (Å²) >= 11 is 5.92. The molecule has 88 valence electrons. The highest BCUT2D eigenvalue weighted by Gasteiger charge is 2.14. The minimum atomic E-state index is -0.467. The zero-order valence-corrected chi connectivity index (χ0v) is 9.73. The van der Waals surface area contributed by atoms with Crippen molar-refractivity contribution in [3.05, 3.63) is 58.9 Å². The molecular weight excluding hydrogens is 241 g/mol. The number of hydrogen-bond donors (Lipinski definition) is 1. The Morgan fingerprint density at radius 3 is 2.59 bits per heavy atom. The van der Waals surface area contributed by atoms with Crippen LogP contribution in [0.4, 0.5) is 4.39 Å². The van der Waals surface area contributed by atoms with Crippen molar-refractivity contribution in [3.8, 4) is 0 Å². The molecule has 0 spiro atoms. The third-order valence-electron chi connectivity index (χ3n) is 2.40. The summed E-state index contributed by atoms with van der Waals surface area (Å²) < 4.78 is 13.5. The van der Waals surface area contributed by atoms with Crippen LogP contribution >= 0.6 is 11.6 Å². The molecule has 2 aromatic rings. The first-order chi connectivity index (χ1) is 8.18. The Hall–Kier alpha value is -1.52. The fourth-order valence-corrected chi connectivity index (χ4v) is 1.78. The van der Waals surface area contributed by atoms with Crippen LogP contribution < -0.4 is 5.73 Å². The zero-order chi connectivity index (χ0) is 12.3. The molecule has 3 nitrogen and oxygen atoms in total.